The number of hydrogen-bond donors (Lipinski definition) is 3. The highest BCUT2D eigenvalue weighted by Gasteiger charge is 2.35. The van der Waals surface area contributed by atoms with Crippen LogP contribution in [0.5, 0.6) is 5.75 Å². The standard InChI is InChI=1S/C29H30N4O2/c1-19-27(21-7-3-2-4-8-21)32-28(31-19)26-17-22-9-5-6-10-23(22)18-33(26)29(35)25(30)16-13-20-11-14-24(34)15-12-20/h2-12,14-15,25-26,34H,13,16-18,30H2,1H3,(H,31,32). The molecule has 2 unspecified atom stereocenters. The summed E-state index contributed by atoms with van der Waals surface area (Å²) in [7, 11) is 0. The summed E-state index contributed by atoms with van der Waals surface area (Å²) < 4.78 is 0. The first-order valence-electron chi connectivity index (χ1n) is 12.0. The average Bonchev–Trinajstić information content (AvgIpc) is 3.28. The van der Waals surface area contributed by atoms with Crippen molar-refractivity contribution < 1.29 is 9.90 Å². The second kappa shape index (κ2) is 9.76. The van der Waals surface area contributed by atoms with Gasteiger partial charge in [-0.25, -0.2) is 4.98 Å². The summed E-state index contributed by atoms with van der Waals surface area (Å²) in [5, 5.41) is 9.51. The Hall–Kier alpha value is -3.90. The van der Waals surface area contributed by atoms with E-state index in [2.05, 4.69) is 17.1 Å². The first-order chi connectivity index (χ1) is 17.0. The monoisotopic (exact) mass is 466 g/mol. The summed E-state index contributed by atoms with van der Waals surface area (Å²) >= 11 is 0. The van der Waals surface area contributed by atoms with E-state index in [1.807, 2.05) is 66.4 Å². The number of phenols is 1. The number of aromatic nitrogens is 2. The molecule has 3 aromatic carbocycles. The first kappa shape index (κ1) is 22.9. The molecule has 0 bridgehead atoms. The van der Waals surface area contributed by atoms with Crippen molar-refractivity contribution in [3.63, 3.8) is 0 Å². The molecule has 0 aliphatic carbocycles. The fourth-order valence-corrected chi connectivity index (χ4v) is 4.84. The fourth-order valence-electron chi connectivity index (χ4n) is 4.84. The zero-order valence-electron chi connectivity index (χ0n) is 19.8. The number of nitrogens with zero attached hydrogens (tertiary/aromatic N) is 2. The molecule has 0 fully saturated rings. The Labute approximate surface area is 205 Å². The van der Waals surface area contributed by atoms with Crippen LogP contribution in [-0.2, 0) is 24.2 Å². The zero-order valence-corrected chi connectivity index (χ0v) is 19.8. The lowest BCUT2D eigenvalue weighted by atomic mass is 9.92. The molecule has 2 heterocycles. The summed E-state index contributed by atoms with van der Waals surface area (Å²) in [5.74, 6) is 0.945. The first-order valence-corrected chi connectivity index (χ1v) is 12.0. The van der Waals surface area contributed by atoms with E-state index in [1.165, 1.54) is 5.56 Å². The van der Waals surface area contributed by atoms with Crippen LogP contribution in [0, 0.1) is 6.92 Å². The predicted octanol–water partition coefficient (Wildman–Crippen LogP) is 4.68. The molecule has 1 aliphatic rings. The number of rotatable bonds is 6. The Morgan fingerprint density at radius 1 is 1.06 bits per heavy atom. The molecule has 6 heteroatoms. The highest BCUT2D eigenvalue weighted by atomic mass is 16.3. The van der Waals surface area contributed by atoms with Crippen LogP contribution in [0.3, 0.4) is 0 Å². The van der Waals surface area contributed by atoms with Crippen molar-refractivity contribution >= 4 is 5.91 Å². The number of phenolic OH excluding ortho intramolecular Hbond substituents is 1. The molecule has 1 aromatic heterocycles. The maximum atomic E-state index is 13.6. The molecular formula is C29H30N4O2. The van der Waals surface area contributed by atoms with Gasteiger partial charge in [0.25, 0.3) is 0 Å². The molecule has 0 radical (unpaired) electrons. The van der Waals surface area contributed by atoms with Gasteiger partial charge in [-0.3, -0.25) is 4.79 Å². The zero-order chi connectivity index (χ0) is 24.4. The number of imidazole rings is 1. The number of H-pyrrole nitrogens is 1. The number of amides is 1. The van der Waals surface area contributed by atoms with Gasteiger partial charge in [-0.2, -0.15) is 0 Å². The SMILES string of the molecule is Cc1[nH]c(C2Cc3ccccc3CN2C(=O)C(N)CCc2ccc(O)cc2)nc1-c1ccccc1. The van der Waals surface area contributed by atoms with Crippen molar-refractivity contribution in [1.29, 1.82) is 0 Å². The van der Waals surface area contributed by atoms with Crippen LogP contribution in [0.25, 0.3) is 11.3 Å². The van der Waals surface area contributed by atoms with Gasteiger partial charge in [-0.05, 0) is 48.6 Å². The number of carbonyl (C=O) groups excluding carboxylic acids is 1. The molecule has 0 spiro atoms. The van der Waals surface area contributed by atoms with Gasteiger partial charge in [0.15, 0.2) is 0 Å². The minimum atomic E-state index is -0.624. The van der Waals surface area contributed by atoms with Crippen LogP contribution in [0.1, 0.15) is 40.7 Å². The normalized spacial score (nSPS) is 16.1. The van der Waals surface area contributed by atoms with E-state index < -0.39 is 6.04 Å². The number of aryl methyl sites for hydroxylation is 2. The molecule has 35 heavy (non-hydrogen) atoms. The van der Waals surface area contributed by atoms with Crippen molar-refractivity contribution in [2.24, 2.45) is 5.73 Å². The van der Waals surface area contributed by atoms with E-state index in [9.17, 15) is 9.90 Å². The molecule has 0 saturated carbocycles. The largest absolute Gasteiger partial charge is 0.508 e. The molecule has 4 N–H and O–H groups in total. The van der Waals surface area contributed by atoms with Gasteiger partial charge < -0.3 is 20.7 Å². The molecule has 1 aliphatic heterocycles. The quantitative estimate of drug-likeness (QED) is 0.385. The minimum absolute atomic E-state index is 0.0707. The molecule has 4 aromatic rings. The highest BCUT2D eigenvalue weighted by molar-refractivity contribution is 5.82. The fraction of sp³-hybridized carbons (Fsp3) is 0.241. The third kappa shape index (κ3) is 4.84. The molecular weight excluding hydrogens is 436 g/mol. The van der Waals surface area contributed by atoms with E-state index in [0.717, 1.165) is 33.9 Å². The summed E-state index contributed by atoms with van der Waals surface area (Å²) in [6.45, 7) is 2.53. The lowest BCUT2D eigenvalue weighted by Crippen LogP contribution is -2.47. The van der Waals surface area contributed by atoms with Gasteiger partial charge >= 0.3 is 0 Å². The van der Waals surface area contributed by atoms with E-state index in [0.29, 0.717) is 25.8 Å². The number of aromatic hydroxyl groups is 1. The second-order valence-corrected chi connectivity index (χ2v) is 9.23. The lowest BCUT2D eigenvalue weighted by molar-refractivity contribution is -0.136. The van der Waals surface area contributed by atoms with Crippen molar-refractivity contribution in [3.05, 3.63) is 107 Å². The number of aromatic amines is 1. The molecule has 6 nitrogen and oxygen atoms in total. The Morgan fingerprint density at radius 3 is 2.49 bits per heavy atom. The predicted molar refractivity (Wildman–Crippen MR) is 137 cm³/mol. The van der Waals surface area contributed by atoms with Gasteiger partial charge in [0.05, 0.1) is 17.8 Å². The Kier molecular flexibility index (Phi) is 6.38. The minimum Gasteiger partial charge on any atom is -0.508 e. The third-order valence-corrected chi connectivity index (χ3v) is 6.80. The van der Waals surface area contributed by atoms with Crippen LogP contribution >= 0.6 is 0 Å². The van der Waals surface area contributed by atoms with Gasteiger partial charge in [-0.1, -0.05) is 66.7 Å². The van der Waals surface area contributed by atoms with Crippen molar-refractivity contribution in [2.75, 3.05) is 0 Å². The van der Waals surface area contributed by atoms with E-state index in [-0.39, 0.29) is 17.7 Å². The number of hydrogen-bond acceptors (Lipinski definition) is 4. The summed E-state index contributed by atoms with van der Waals surface area (Å²) in [5.41, 5.74) is 12.8. The van der Waals surface area contributed by atoms with Crippen molar-refractivity contribution in [3.8, 4) is 17.0 Å². The average molecular weight is 467 g/mol. The maximum Gasteiger partial charge on any atom is 0.240 e. The lowest BCUT2D eigenvalue weighted by Gasteiger charge is -2.37. The Bertz CT molecular complexity index is 1310. The van der Waals surface area contributed by atoms with E-state index >= 15 is 0 Å². The van der Waals surface area contributed by atoms with Crippen LogP contribution in [0.15, 0.2) is 78.9 Å². The Morgan fingerprint density at radius 2 is 1.74 bits per heavy atom. The third-order valence-electron chi connectivity index (χ3n) is 6.80. The number of nitrogens with two attached hydrogens (primary N) is 1. The van der Waals surface area contributed by atoms with Crippen LogP contribution in [-0.4, -0.2) is 31.9 Å². The molecule has 5 rings (SSSR count). The second-order valence-electron chi connectivity index (χ2n) is 9.23. The molecule has 178 valence electrons. The topological polar surface area (TPSA) is 95.2 Å². The van der Waals surface area contributed by atoms with E-state index in [4.69, 9.17) is 10.7 Å². The summed E-state index contributed by atoms with van der Waals surface area (Å²) in [4.78, 5) is 24.0. The Balaban J connectivity index is 1.41. The van der Waals surface area contributed by atoms with Gasteiger partial charge in [0.2, 0.25) is 5.91 Å². The van der Waals surface area contributed by atoms with Gasteiger partial charge in [0.1, 0.15) is 11.6 Å². The van der Waals surface area contributed by atoms with Crippen molar-refractivity contribution in [2.45, 2.75) is 44.8 Å². The summed E-state index contributed by atoms with van der Waals surface area (Å²) in [6.07, 6.45) is 1.88. The molecule has 1 amide bonds. The number of benzene rings is 3. The maximum absolute atomic E-state index is 13.6. The van der Waals surface area contributed by atoms with Gasteiger partial charge in [0, 0.05) is 24.2 Å². The number of nitrogens with one attached hydrogen (secondary N) is 1. The van der Waals surface area contributed by atoms with E-state index in [1.54, 1.807) is 12.1 Å². The van der Waals surface area contributed by atoms with Crippen LogP contribution < -0.4 is 5.73 Å². The van der Waals surface area contributed by atoms with Crippen molar-refractivity contribution in [1.82, 2.24) is 14.9 Å². The number of carbonyl (C=O) groups is 1. The van der Waals surface area contributed by atoms with Crippen LogP contribution in [0.4, 0.5) is 0 Å². The summed E-state index contributed by atoms with van der Waals surface area (Å²) in [6, 6.07) is 24.6. The van der Waals surface area contributed by atoms with Gasteiger partial charge in [-0.15, -0.1) is 0 Å². The highest BCUT2D eigenvalue weighted by Crippen LogP contribution is 2.34. The molecule has 2 atom stereocenters. The van der Waals surface area contributed by atoms with Crippen LogP contribution in [0.2, 0.25) is 0 Å². The smallest absolute Gasteiger partial charge is 0.240 e. The molecule has 0 saturated heterocycles. The number of fused-ring (bicyclic) bond motifs is 1.